The van der Waals surface area contributed by atoms with Crippen LogP contribution in [0.15, 0.2) is 47.4 Å². The monoisotopic (exact) mass is 360 g/mol. The van der Waals surface area contributed by atoms with Gasteiger partial charge >= 0.3 is 0 Å². The van der Waals surface area contributed by atoms with E-state index in [1.807, 2.05) is 13.0 Å². The SMILES string of the molecule is Cc1ccc(S(=O)(=O)C2C(c3ccc4c(c3)OCO4)C2(N)CN)cc1. The van der Waals surface area contributed by atoms with E-state index >= 15 is 0 Å². The van der Waals surface area contributed by atoms with Crippen LogP contribution in [0.1, 0.15) is 17.0 Å². The van der Waals surface area contributed by atoms with Crippen LogP contribution in [0.3, 0.4) is 0 Å². The molecular formula is C18H20N2O4S. The Bertz CT molecular complexity index is 927. The highest BCUT2D eigenvalue weighted by atomic mass is 32.2. The van der Waals surface area contributed by atoms with E-state index < -0.39 is 20.6 Å². The molecule has 1 fully saturated rings. The molecule has 6 nitrogen and oxygen atoms in total. The van der Waals surface area contributed by atoms with Crippen molar-refractivity contribution in [3.8, 4) is 11.5 Å². The molecule has 0 radical (unpaired) electrons. The van der Waals surface area contributed by atoms with E-state index in [0.717, 1.165) is 11.1 Å². The predicted octanol–water partition coefficient (Wildman–Crippen LogP) is 1.32. The molecule has 3 unspecified atom stereocenters. The van der Waals surface area contributed by atoms with Crippen molar-refractivity contribution in [2.45, 2.75) is 28.5 Å². The molecule has 0 aromatic heterocycles. The molecule has 2 aromatic carbocycles. The van der Waals surface area contributed by atoms with Crippen LogP contribution in [-0.4, -0.2) is 32.5 Å². The zero-order valence-electron chi connectivity index (χ0n) is 13.8. The maximum Gasteiger partial charge on any atom is 0.231 e. The van der Waals surface area contributed by atoms with Crippen molar-refractivity contribution in [2.75, 3.05) is 13.3 Å². The van der Waals surface area contributed by atoms with Crippen molar-refractivity contribution in [3.63, 3.8) is 0 Å². The maximum atomic E-state index is 13.1. The van der Waals surface area contributed by atoms with Gasteiger partial charge in [-0.25, -0.2) is 8.42 Å². The Kier molecular flexibility index (Phi) is 3.57. The van der Waals surface area contributed by atoms with Crippen LogP contribution >= 0.6 is 0 Å². The molecule has 1 aliphatic heterocycles. The average molecular weight is 360 g/mol. The minimum Gasteiger partial charge on any atom is -0.454 e. The fraction of sp³-hybridized carbons (Fsp3) is 0.333. The number of sulfone groups is 1. The summed E-state index contributed by atoms with van der Waals surface area (Å²) in [5, 5.41) is -0.756. The normalized spacial score (nSPS) is 27.3. The molecule has 2 aliphatic rings. The molecule has 1 saturated carbocycles. The Morgan fingerprint density at radius 3 is 2.48 bits per heavy atom. The van der Waals surface area contributed by atoms with E-state index in [4.69, 9.17) is 20.9 Å². The number of fused-ring (bicyclic) bond motifs is 1. The molecule has 0 spiro atoms. The molecule has 1 aliphatic carbocycles. The zero-order chi connectivity index (χ0) is 17.8. The van der Waals surface area contributed by atoms with Crippen LogP contribution in [0.2, 0.25) is 0 Å². The predicted molar refractivity (Wildman–Crippen MR) is 93.4 cm³/mol. The van der Waals surface area contributed by atoms with Gasteiger partial charge in [-0.2, -0.15) is 0 Å². The van der Waals surface area contributed by atoms with Gasteiger partial charge in [0.15, 0.2) is 21.3 Å². The van der Waals surface area contributed by atoms with Gasteiger partial charge in [-0.15, -0.1) is 0 Å². The van der Waals surface area contributed by atoms with Crippen LogP contribution < -0.4 is 20.9 Å². The molecule has 132 valence electrons. The summed E-state index contributed by atoms with van der Waals surface area (Å²) in [5.41, 5.74) is 13.1. The number of ether oxygens (including phenoxy) is 2. The Balaban J connectivity index is 1.73. The minimum absolute atomic E-state index is 0.0852. The molecular weight excluding hydrogens is 340 g/mol. The van der Waals surface area contributed by atoms with E-state index in [-0.39, 0.29) is 24.2 Å². The van der Waals surface area contributed by atoms with Gasteiger partial charge in [0.2, 0.25) is 6.79 Å². The molecule has 3 atom stereocenters. The van der Waals surface area contributed by atoms with E-state index in [0.29, 0.717) is 11.5 Å². The van der Waals surface area contributed by atoms with Crippen molar-refractivity contribution >= 4 is 9.84 Å². The third kappa shape index (κ3) is 2.42. The second kappa shape index (κ2) is 5.45. The van der Waals surface area contributed by atoms with Crippen LogP contribution in [0.4, 0.5) is 0 Å². The molecule has 2 aromatic rings. The highest BCUT2D eigenvalue weighted by Crippen LogP contribution is 2.56. The second-order valence-electron chi connectivity index (χ2n) is 6.69. The van der Waals surface area contributed by atoms with Crippen molar-refractivity contribution in [3.05, 3.63) is 53.6 Å². The number of benzene rings is 2. The van der Waals surface area contributed by atoms with Gasteiger partial charge in [0.05, 0.1) is 15.7 Å². The minimum atomic E-state index is -3.59. The lowest BCUT2D eigenvalue weighted by atomic mass is 10.1. The first kappa shape index (κ1) is 16.4. The molecule has 7 heteroatoms. The third-order valence-electron chi connectivity index (χ3n) is 5.10. The summed E-state index contributed by atoms with van der Waals surface area (Å²) in [6.07, 6.45) is 0. The number of aryl methyl sites for hydroxylation is 1. The fourth-order valence-electron chi connectivity index (χ4n) is 3.60. The van der Waals surface area contributed by atoms with Crippen LogP contribution in [0.5, 0.6) is 11.5 Å². The van der Waals surface area contributed by atoms with E-state index in [1.54, 1.807) is 36.4 Å². The number of nitrogens with two attached hydrogens (primary N) is 2. The van der Waals surface area contributed by atoms with Gasteiger partial charge in [0, 0.05) is 12.5 Å². The average Bonchev–Trinajstić information content (AvgIpc) is 2.99. The van der Waals surface area contributed by atoms with Crippen molar-refractivity contribution in [1.82, 2.24) is 0 Å². The van der Waals surface area contributed by atoms with E-state index in [2.05, 4.69) is 0 Å². The first-order valence-corrected chi connectivity index (χ1v) is 9.61. The first-order chi connectivity index (χ1) is 11.9. The van der Waals surface area contributed by atoms with Crippen molar-refractivity contribution in [1.29, 1.82) is 0 Å². The van der Waals surface area contributed by atoms with E-state index in [9.17, 15) is 8.42 Å². The lowest BCUT2D eigenvalue weighted by molar-refractivity contribution is 0.174. The number of hydrogen-bond donors (Lipinski definition) is 2. The van der Waals surface area contributed by atoms with Crippen molar-refractivity contribution < 1.29 is 17.9 Å². The van der Waals surface area contributed by atoms with Gasteiger partial charge < -0.3 is 20.9 Å². The second-order valence-corrected chi connectivity index (χ2v) is 8.75. The fourth-order valence-corrected chi connectivity index (χ4v) is 5.92. The highest BCUT2D eigenvalue weighted by Gasteiger charge is 2.68. The zero-order valence-corrected chi connectivity index (χ0v) is 14.6. The summed E-state index contributed by atoms with van der Waals surface area (Å²) in [5.74, 6) is 0.881. The van der Waals surface area contributed by atoms with Crippen LogP contribution in [0, 0.1) is 6.92 Å². The Hall–Kier alpha value is -2.09. The number of hydrogen-bond acceptors (Lipinski definition) is 6. The summed E-state index contributed by atoms with van der Waals surface area (Å²) in [7, 11) is -3.59. The smallest absolute Gasteiger partial charge is 0.231 e. The molecule has 4 rings (SSSR count). The topological polar surface area (TPSA) is 105 Å². The van der Waals surface area contributed by atoms with Gasteiger partial charge in [-0.05, 0) is 36.8 Å². The van der Waals surface area contributed by atoms with Crippen LogP contribution in [0.25, 0.3) is 0 Å². The molecule has 4 N–H and O–H groups in total. The summed E-state index contributed by atoms with van der Waals surface area (Å²) in [6, 6.07) is 12.2. The maximum absolute atomic E-state index is 13.1. The molecule has 25 heavy (non-hydrogen) atoms. The molecule has 0 amide bonds. The Morgan fingerprint density at radius 2 is 1.80 bits per heavy atom. The van der Waals surface area contributed by atoms with Gasteiger partial charge in [0.25, 0.3) is 0 Å². The van der Waals surface area contributed by atoms with Gasteiger partial charge in [0.1, 0.15) is 0 Å². The van der Waals surface area contributed by atoms with Gasteiger partial charge in [-0.3, -0.25) is 0 Å². The van der Waals surface area contributed by atoms with Crippen LogP contribution in [-0.2, 0) is 9.84 Å². The first-order valence-electron chi connectivity index (χ1n) is 8.07. The summed E-state index contributed by atoms with van der Waals surface area (Å²) < 4.78 is 36.9. The largest absolute Gasteiger partial charge is 0.454 e. The standard InChI is InChI=1S/C18H20N2O4S/c1-11-2-5-13(6-3-11)25(21,22)17-16(18(17,20)9-19)12-4-7-14-15(8-12)24-10-23-14/h2-8,16-17H,9-10,19-20H2,1H3. The Labute approximate surface area is 146 Å². The van der Waals surface area contributed by atoms with E-state index in [1.165, 1.54) is 0 Å². The molecule has 0 saturated heterocycles. The third-order valence-corrected chi connectivity index (χ3v) is 7.40. The quantitative estimate of drug-likeness (QED) is 0.852. The molecule has 0 bridgehead atoms. The number of rotatable bonds is 4. The van der Waals surface area contributed by atoms with Crippen molar-refractivity contribution in [2.24, 2.45) is 11.5 Å². The lowest BCUT2D eigenvalue weighted by Crippen LogP contribution is -2.39. The summed E-state index contributed by atoms with van der Waals surface area (Å²) in [6.45, 7) is 2.16. The highest BCUT2D eigenvalue weighted by molar-refractivity contribution is 7.92. The lowest BCUT2D eigenvalue weighted by Gasteiger charge is -2.09. The molecule has 1 heterocycles. The summed E-state index contributed by atoms with van der Waals surface area (Å²) in [4.78, 5) is 0.273. The Morgan fingerprint density at radius 1 is 1.12 bits per heavy atom. The summed E-state index contributed by atoms with van der Waals surface area (Å²) >= 11 is 0. The van der Waals surface area contributed by atoms with Gasteiger partial charge in [-0.1, -0.05) is 23.8 Å².